The topological polar surface area (TPSA) is 39.3 Å². The Labute approximate surface area is 107 Å². The van der Waals surface area contributed by atoms with E-state index < -0.39 is 17.6 Å². The van der Waals surface area contributed by atoms with Crippen LogP contribution in [0.3, 0.4) is 0 Å². The summed E-state index contributed by atoms with van der Waals surface area (Å²) in [5, 5.41) is 15.4. The summed E-state index contributed by atoms with van der Waals surface area (Å²) in [5.41, 5.74) is -0.694. The highest BCUT2D eigenvalue weighted by Crippen LogP contribution is 2.28. The summed E-state index contributed by atoms with van der Waals surface area (Å²) >= 11 is 0. The van der Waals surface area contributed by atoms with Crippen molar-refractivity contribution in [3.8, 4) is 0 Å². The van der Waals surface area contributed by atoms with Gasteiger partial charge in [-0.15, -0.1) is 0 Å². The van der Waals surface area contributed by atoms with Crippen molar-refractivity contribution in [1.29, 1.82) is 0 Å². The normalized spacial score (nSPS) is 12.5. The molecule has 0 fully saturated rings. The molecular formula is C13H9F3N2O. The van der Waals surface area contributed by atoms with Crippen molar-refractivity contribution in [2.75, 3.05) is 0 Å². The van der Waals surface area contributed by atoms with Gasteiger partial charge in [0.05, 0.1) is 11.5 Å². The number of benzene rings is 1. The maximum atomic E-state index is 12.4. The van der Waals surface area contributed by atoms with Gasteiger partial charge in [0.2, 0.25) is 12.4 Å². The van der Waals surface area contributed by atoms with Gasteiger partial charge in [0.1, 0.15) is 0 Å². The molecule has 1 aromatic heterocycles. The van der Waals surface area contributed by atoms with E-state index in [0.717, 1.165) is 24.3 Å². The van der Waals surface area contributed by atoms with E-state index in [9.17, 15) is 18.3 Å². The van der Waals surface area contributed by atoms with E-state index in [0.29, 0.717) is 0 Å². The van der Waals surface area contributed by atoms with Gasteiger partial charge in [-0.1, -0.05) is 22.9 Å². The first-order chi connectivity index (χ1) is 8.97. The van der Waals surface area contributed by atoms with Crippen LogP contribution in [0, 0.1) is 0 Å². The zero-order valence-corrected chi connectivity index (χ0v) is 9.63. The van der Waals surface area contributed by atoms with E-state index in [2.05, 4.69) is 5.10 Å². The van der Waals surface area contributed by atoms with Gasteiger partial charge in [0.25, 0.3) is 0 Å². The van der Waals surface area contributed by atoms with Crippen LogP contribution in [-0.4, -0.2) is 5.90 Å². The van der Waals surface area contributed by atoms with Gasteiger partial charge in [-0.05, 0) is 22.8 Å². The Bertz CT molecular complexity index is 577. The van der Waals surface area contributed by atoms with Crippen molar-refractivity contribution in [1.82, 2.24) is 0 Å². The smallest absolute Gasteiger partial charge is 0.416 e. The van der Waals surface area contributed by atoms with Gasteiger partial charge < -0.3 is 5.11 Å². The van der Waals surface area contributed by atoms with Gasteiger partial charge in [-0.2, -0.15) is 13.2 Å². The molecule has 0 atom stereocenters. The molecule has 3 nitrogen and oxygen atoms in total. The van der Waals surface area contributed by atoms with Crippen LogP contribution in [0.5, 0.6) is 0 Å². The lowest BCUT2D eigenvalue weighted by atomic mass is 10.1. The lowest BCUT2D eigenvalue weighted by Gasteiger charge is -2.09. The van der Waals surface area contributed by atoms with Crippen molar-refractivity contribution >= 4 is 5.90 Å². The Hall–Kier alpha value is -2.37. The zero-order chi connectivity index (χ0) is 13.9. The molecule has 0 aliphatic rings. The molecule has 2 rings (SSSR count). The molecule has 0 radical (unpaired) electrons. The predicted molar refractivity (Wildman–Crippen MR) is 60.0 cm³/mol. The van der Waals surface area contributed by atoms with Crippen molar-refractivity contribution in [3.63, 3.8) is 0 Å². The number of halogens is 3. The van der Waals surface area contributed by atoms with Crippen LogP contribution in [0.4, 0.5) is 13.2 Å². The quantitative estimate of drug-likeness (QED) is 0.462. The summed E-state index contributed by atoms with van der Waals surface area (Å²) in [4.78, 5) is 0. The minimum absolute atomic E-state index is 0.101. The fourth-order valence-electron chi connectivity index (χ4n) is 1.42. The van der Waals surface area contributed by atoms with Crippen LogP contribution in [-0.2, 0) is 6.18 Å². The Morgan fingerprint density at radius 1 is 1.00 bits per heavy atom. The first kappa shape index (κ1) is 13.1. The van der Waals surface area contributed by atoms with Crippen LogP contribution >= 0.6 is 0 Å². The molecule has 0 saturated carbocycles. The maximum Gasteiger partial charge on any atom is 0.416 e. The molecule has 1 heterocycles. The second-order valence-corrected chi connectivity index (χ2v) is 3.74. The van der Waals surface area contributed by atoms with Crippen molar-refractivity contribution < 1.29 is 23.0 Å². The molecular weight excluding hydrogens is 257 g/mol. The standard InChI is InChI=1S/C13H9F3N2O/c14-13(15,16)11-6-4-10(5-7-11)12(19)17-18-8-2-1-3-9-18/h1-9H. The summed E-state index contributed by atoms with van der Waals surface area (Å²) in [6, 6.07) is 9.06. The number of aromatic nitrogens is 1. The highest BCUT2D eigenvalue weighted by Gasteiger charge is 2.29. The molecule has 98 valence electrons. The van der Waals surface area contributed by atoms with Gasteiger partial charge in [-0.25, -0.2) is 0 Å². The van der Waals surface area contributed by atoms with Gasteiger partial charge in [0, 0.05) is 12.1 Å². The van der Waals surface area contributed by atoms with Crippen LogP contribution in [0.25, 0.3) is 0 Å². The number of nitrogens with zero attached hydrogens (tertiary/aromatic N) is 2. The fourth-order valence-corrected chi connectivity index (χ4v) is 1.42. The van der Waals surface area contributed by atoms with E-state index in [4.69, 9.17) is 0 Å². The van der Waals surface area contributed by atoms with Crippen LogP contribution < -0.4 is 9.78 Å². The van der Waals surface area contributed by atoms with Crippen molar-refractivity contribution in [2.24, 2.45) is 5.10 Å². The molecule has 0 aliphatic carbocycles. The molecule has 0 bridgehead atoms. The first-order valence-corrected chi connectivity index (χ1v) is 5.37. The average Bonchev–Trinajstić information content (AvgIpc) is 2.39. The molecule has 0 aliphatic heterocycles. The zero-order valence-electron chi connectivity index (χ0n) is 9.63. The first-order valence-electron chi connectivity index (χ1n) is 5.37. The lowest BCUT2D eigenvalue weighted by Crippen LogP contribution is -2.33. The Morgan fingerprint density at radius 3 is 2.11 bits per heavy atom. The summed E-state index contributed by atoms with van der Waals surface area (Å²) in [7, 11) is 0. The van der Waals surface area contributed by atoms with Crippen molar-refractivity contribution in [2.45, 2.75) is 6.18 Å². The number of hydrogen-bond donors (Lipinski definition) is 0. The second-order valence-electron chi connectivity index (χ2n) is 3.74. The summed E-state index contributed by atoms with van der Waals surface area (Å²) < 4.78 is 38.4. The molecule has 1 aromatic carbocycles. The third-order valence-electron chi connectivity index (χ3n) is 2.37. The van der Waals surface area contributed by atoms with E-state index in [1.165, 1.54) is 4.68 Å². The third-order valence-corrected chi connectivity index (χ3v) is 2.37. The average molecular weight is 266 g/mol. The highest BCUT2D eigenvalue weighted by molar-refractivity contribution is 5.90. The lowest BCUT2D eigenvalue weighted by molar-refractivity contribution is -0.681. The molecule has 6 heteroatoms. The van der Waals surface area contributed by atoms with Crippen LogP contribution in [0.15, 0.2) is 60.0 Å². The fraction of sp³-hybridized carbons (Fsp3) is 0.0769. The van der Waals surface area contributed by atoms with Crippen molar-refractivity contribution in [3.05, 3.63) is 66.0 Å². The minimum Gasteiger partial charge on any atom is -0.854 e. The van der Waals surface area contributed by atoms with E-state index in [1.54, 1.807) is 30.6 Å². The number of alkyl halides is 3. The number of rotatable bonds is 2. The summed E-state index contributed by atoms with van der Waals surface area (Å²) in [6.07, 6.45) is -1.29. The molecule has 0 N–H and O–H groups in total. The van der Waals surface area contributed by atoms with Gasteiger partial charge >= 0.3 is 6.18 Å². The largest absolute Gasteiger partial charge is 0.854 e. The predicted octanol–water partition coefficient (Wildman–Crippen LogP) is 1.56. The third kappa shape index (κ3) is 3.31. The Morgan fingerprint density at radius 2 is 1.58 bits per heavy atom. The van der Waals surface area contributed by atoms with E-state index >= 15 is 0 Å². The maximum absolute atomic E-state index is 12.4. The molecule has 2 aromatic rings. The molecule has 19 heavy (non-hydrogen) atoms. The van der Waals surface area contributed by atoms with Crippen LogP contribution in [0.2, 0.25) is 0 Å². The van der Waals surface area contributed by atoms with E-state index in [1.807, 2.05) is 0 Å². The SMILES string of the molecule is [O-]/C(=N\[n+]1ccccc1)c1ccc(C(F)(F)F)cc1. The highest BCUT2D eigenvalue weighted by atomic mass is 19.4. The summed E-state index contributed by atoms with van der Waals surface area (Å²) in [6.45, 7) is 0. The molecule has 0 amide bonds. The van der Waals surface area contributed by atoms with Gasteiger partial charge in [0.15, 0.2) is 0 Å². The Kier molecular flexibility index (Phi) is 3.50. The van der Waals surface area contributed by atoms with E-state index in [-0.39, 0.29) is 5.56 Å². The Balaban J connectivity index is 2.25. The van der Waals surface area contributed by atoms with Gasteiger partial charge in [-0.3, -0.25) is 0 Å². The number of hydrogen-bond acceptors (Lipinski definition) is 2. The minimum atomic E-state index is -4.41. The molecule has 0 unspecified atom stereocenters. The van der Waals surface area contributed by atoms with Crippen LogP contribution in [0.1, 0.15) is 11.1 Å². The monoisotopic (exact) mass is 266 g/mol. The number of pyridine rings is 1. The second kappa shape index (κ2) is 5.09. The molecule has 0 spiro atoms. The summed E-state index contributed by atoms with van der Waals surface area (Å²) in [5.74, 6) is -0.607. The molecule has 0 saturated heterocycles.